The molecule has 124 valence electrons. The molecule has 1 heterocycles. The highest BCUT2D eigenvalue weighted by Crippen LogP contribution is 2.35. The molecule has 0 radical (unpaired) electrons. The van der Waals surface area contributed by atoms with Crippen molar-refractivity contribution in [2.45, 2.75) is 0 Å². The number of benzene rings is 3. The van der Waals surface area contributed by atoms with E-state index >= 15 is 0 Å². The Kier molecular flexibility index (Phi) is 3.90. The highest BCUT2D eigenvalue weighted by atomic mass is 35.5. The fourth-order valence-corrected chi connectivity index (χ4v) is 3.31. The SMILES string of the molecule is O=C1C(=O)N(CCOc2ccc3ccccc3c2)c2c(Cl)cccc21. The molecule has 0 aliphatic carbocycles. The average Bonchev–Trinajstić information content (AvgIpc) is 2.88. The molecule has 0 fully saturated rings. The molecule has 1 aliphatic heterocycles. The third-order valence-electron chi connectivity index (χ3n) is 4.25. The quantitative estimate of drug-likeness (QED) is 0.665. The van der Waals surface area contributed by atoms with E-state index in [-0.39, 0.29) is 13.2 Å². The molecule has 5 heteroatoms. The van der Waals surface area contributed by atoms with Crippen LogP contribution in [-0.2, 0) is 4.79 Å². The van der Waals surface area contributed by atoms with Crippen LogP contribution in [0.3, 0.4) is 0 Å². The van der Waals surface area contributed by atoms with E-state index in [1.54, 1.807) is 18.2 Å². The van der Waals surface area contributed by atoms with Crippen LogP contribution in [0.4, 0.5) is 5.69 Å². The number of anilines is 1. The van der Waals surface area contributed by atoms with Gasteiger partial charge < -0.3 is 4.74 Å². The van der Waals surface area contributed by atoms with Crippen LogP contribution in [0.5, 0.6) is 5.75 Å². The van der Waals surface area contributed by atoms with Gasteiger partial charge in [0.1, 0.15) is 12.4 Å². The number of ketones is 1. The Morgan fingerprint density at radius 1 is 0.920 bits per heavy atom. The molecule has 1 amide bonds. The molecule has 1 aliphatic rings. The second-order valence-corrected chi connectivity index (χ2v) is 6.19. The lowest BCUT2D eigenvalue weighted by atomic mass is 10.1. The summed E-state index contributed by atoms with van der Waals surface area (Å²) in [6.07, 6.45) is 0. The number of fused-ring (bicyclic) bond motifs is 2. The Labute approximate surface area is 149 Å². The Bertz CT molecular complexity index is 999. The summed E-state index contributed by atoms with van der Waals surface area (Å²) in [5.74, 6) is -0.371. The first-order valence-corrected chi connectivity index (χ1v) is 8.29. The van der Waals surface area contributed by atoms with Crippen LogP contribution in [0.15, 0.2) is 60.7 Å². The number of Topliss-reactive ketones (excluding diaryl/α,β-unsaturated/α-hetero) is 1. The summed E-state index contributed by atoms with van der Waals surface area (Å²) in [7, 11) is 0. The van der Waals surface area contributed by atoms with Gasteiger partial charge in [-0.25, -0.2) is 0 Å². The van der Waals surface area contributed by atoms with Crippen LogP contribution in [-0.4, -0.2) is 24.8 Å². The zero-order valence-electron chi connectivity index (χ0n) is 13.2. The summed E-state index contributed by atoms with van der Waals surface area (Å²) in [5.41, 5.74) is 0.824. The molecule has 4 rings (SSSR count). The van der Waals surface area contributed by atoms with Crippen molar-refractivity contribution in [2.24, 2.45) is 0 Å². The number of ether oxygens (including phenoxy) is 1. The number of carbonyl (C=O) groups excluding carboxylic acids is 2. The molecule has 3 aromatic rings. The van der Waals surface area contributed by atoms with Gasteiger partial charge >= 0.3 is 0 Å². The van der Waals surface area contributed by atoms with E-state index in [0.717, 1.165) is 16.5 Å². The topological polar surface area (TPSA) is 46.6 Å². The third kappa shape index (κ3) is 2.75. The van der Waals surface area contributed by atoms with Gasteiger partial charge in [0.15, 0.2) is 0 Å². The monoisotopic (exact) mass is 351 g/mol. The number of rotatable bonds is 4. The number of hydrogen-bond acceptors (Lipinski definition) is 3. The Morgan fingerprint density at radius 3 is 2.56 bits per heavy atom. The lowest BCUT2D eigenvalue weighted by molar-refractivity contribution is -0.114. The normalized spacial score (nSPS) is 13.4. The maximum atomic E-state index is 12.2. The van der Waals surface area contributed by atoms with Crippen molar-refractivity contribution >= 4 is 39.8 Å². The van der Waals surface area contributed by atoms with Gasteiger partial charge in [-0.3, -0.25) is 14.5 Å². The first-order valence-electron chi connectivity index (χ1n) is 7.91. The summed E-state index contributed by atoms with van der Waals surface area (Å²) in [6.45, 7) is 0.524. The minimum atomic E-state index is -0.565. The number of carbonyl (C=O) groups is 2. The van der Waals surface area contributed by atoms with Gasteiger partial charge in [-0.15, -0.1) is 0 Å². The fourth-order valence-electron chi connectivity index (χ4n) is 3.04. The van der Waals surface area contributed by atoms with Crippen LogP contribution >= 0.6 is 11.6 Å². The van der Waals surface area contributed by atoms with Gasteiger partial charge in [-0.2, -0.15) is 0 Å². The van der Waals surface area contributed by atoms with E-state index in [9.17, 15) is 9.59 Å². The van der Waals surface area contributed by atoms with Gasteiger partial charge in [0, 0.05) is 0 Å². The van der Waals surface area contributed by atoms with Gasteiger partial charge in [0.05, 0.1) is 22.8 Å². The van der Waals surface area contributed by atoms with Crippen LogP contribution in [0, 0.1) is 0 Å². The number of hydrogen-bond donors (Lipinski definition) is 0. The molecule has 0 aromatic heterocycles. The lowest BCUT2D eigenvalue weighted by Crippen LogP contribution is -2.33. The van der Waals surface area contributed by atoms with E-state index in [0.29, 0.717) is 16.3 Å². The van der Waals surface area contributed by atoms with Crippen LogP contribution in [0.2, 0.25) is 5.02 Å². The van der Waals surface area contributed by atoms with Crippen molar-refractivity contribution in [3.63, 3.8) is 0 Å². The van der Waals surface area contributed by atoms with Crippen LogP contribution in [0.1, 0.15) is 10.4 Å². The first-order chi connectivity index (χ1) is 12.1. The van der Waals surface area contributed by atoms with E-state index in [2.05, 4.69) is 0 Å². The molecule has 4 nitrogen and oxygen atoms in total. The second kappa shape index (κ2) is 6.22. The van der Waals surface area contributed by atoms with Crippen molar-refractivity contribution in [1.29, 1.82) is 0 Å². The summed E-state index contributed by atoms with van der Waals surface area (Å²) < 4.78 is 5.77. The molecular formula is C20H14ClNO3. The molecule has 0 unspecified atom stereocenters. The molecule has 0 saturated carbocycles. The number of amides is 1. The van der Waals surface area contributed by atoms with Gasteiger partial charge in [0.25, 0.3) is 11.7 Å². The summed E-state index contributed by atoms with van der Waals surface area (Å²) in [5, 5.41) is 2.61. The number of halogens is 1. The Morgan fingerprint density at radius 2 is 1.72 bits per heavy atom. The van der Waals surface area contributed by atoms with E-state index in [1.807, 2.05) is 42.5 Å². The molecule has 0 saturated heterocycles. The molecule has 0 N–H and O–H groups in total. The van der Waals surface area contributed by atoms with Crippen LogP contribution < -0.4 is 9.64 Å². The fraction of sp³-hybridized carbons (Fsp3) is 0.100. The summed E-state index contributed by atoms with van der Waals surface area (Å²) >= 11 is 6.17. The van der Waals surface area contributed by atoms with E-state index < -0.39 is 11.7 Å². The predicted molar refractivity (Wildman–Crippen MR) is 97.6 cm³/mol. The minimum absolute atomic E-state index is 0.258. The Hall–Kier alpha value is -2.85. The number of para-hydroxylation sites is 1. The van der Waals surface area contributed by atoms with Crippen molar-refractivity contribution in [3.05, 3.63) is 71.2 Å². The standard InChI is InChI=1S/C20H14ClNO3/c21-17-7-3-6-16-18(17)22(20(24)19(16)23)10-11-25-15-9-8-13-4-1-2-5-14(13)12-15/h1-9,12H,10-11H2. The maximum Gasteiger partial charge on any atom is 0.299 e. The van der Waals surface area contributed by atoms with Crippen molar-refractivity contribution < 1.29 is 14.3 Å². The molecular weight excluding hydrogens is 338 g/mol. The number of nitrogens with zero attached hydrogens (tertiary/aromatic N) is 1. The van der Waals surface area contributed by atoms with Crippen LogP contribution in [0.25, 0.3) is 10.8 Å². The zero-order valence-corrected chi connectivity index (χ0v) is 14.0. The summed E-state index contributed by atoms with van der Waals surface area (Å²) in [6, 6.07) is 18.8. The molecule has 0 spiro atoms. The van der Waals surface area contributed by atoms with Crippen molar-refractivity contribution in [2.75, 3.05) is 18.1 Å². The molecule has 3 aromatic carbocycles. The summed E-state index contributed by atoms with van der Waals surface area (Å²) in [4.78, 5) is 25.6. The molecule has 0 bridgehead atoms. The molecule has 0 atom stereocenters. The average molecular weight is 352 g/mol. The zero-order chi connectivity index (χ0) is 17.4. The third-order valence-corrected chi connectivity index (χ3v) is 4.55. The lowest BCUT2D eigenvalue weighted by Gasteiger charge is -2.18. The van der Waals surface area contributed by atoms with E-state index in [4.69, 9.17) is 16.3 Å². The van der Waals surface area contributed by atoms with Gasteiger partial charge in [0.2, 0.25) is 0 Å². The van der Waals surface area contributed by atoms with E-state index in [1.165, 1.54) is 4.90 Å². The maximum absolute atomic E-state index is 12.2. The van der Waals surface area contributed by atoms with Crippen molar-refractivity contribution in [1.82, 2.24) is 0 Å². The highest BCUT2D eigenvalue weighted by Gasteiger charge is 2.37. The minimum Gasteiger partial charge on any atom is -0.492 e. The van der Waals surface area contributed by atoms with Gasteiger partial charge in [-0.05, 0) is 35.0 Å². The largest absolute Gasteiger partial charge is 0.492 e. The Balaban J connectivity index is 1.50. The van der Waals surface area contributed by atoms with Crippen molar-refractivity contribution in [3.8, 4) is 5.75 Å². The molecule has 25 heavy (non-hydrogen) atoms. The first kappa shape index (κ1) is 15.7. The van der Waals surface area contributed by atoms with Gasteiger partial charge in [-0.1, -0.05) is 48.0 Å². The smallest absolute Gasteiger partial charge is 0.299 e. The predicted octanol–water partition coefficient (Wildman–Crippen LogP) is 4.10. The highest BCUT2D eigenvalue weighted by molar-refractivity contribution is 6.54. The second-order valence-electron chi connectivity index (χ2n) is 5.78.